The first-order chi connectivity index (χ1) is 13.2. The number of aryl methyl sites for hydroxylation is 1. The molecule has 0 spiro atoms. The third kappa shape index (κ3) is 3.69. The van der Waals surface area contributed by atoms with E-state index in [9.17, 15) is 19.7 Å². The zero-order valence-electron chi connectivity index (χ0n) is 14.8. The standard InChI is InChI=1S/C18H14Cl2N4O4/c1-9-6-13(19)10(2)17(16(9)20)23-15(25)8-14(22-23)21-18(26)11-4-3-5-12(7-11)24(27)28/h3-7H,8H2,1-2H3,(H,21,22,26). The second kappa shape index (κ2) is 7.57. The zero-order chi connectivity index (χ0) is 20.6. The highest BCUT2D eigenvalue weighted by Gasteiger charge is 2.30. The van der Waals surface area contributed by atoms with E-state index in [-0.39, 0.29) is 29.4 Å². The van der Waals surface area contributed by atoms with E-state index in [2.05, 4.69) is 10.4 Å². The average Bonchev–Trinajstić information content (AvgIpc) is 3.00. The van der Waals surface area contributed by atoms with Crippen molar-refractivity contribution in [1.29, 1.82) is 0 Å². The predicted octanol–water partition coefficient (Wildman–Crippen LogP) is 4.00. The molecule has 0 fully saturated rings. The Balaban J connectivity index is 1.88. The van der Waals surface area contributed by atoms with Gasteiger partial charge in [0.1, 0.15) is 5.84 Å². The van der Waals surface area contributed by atoms with Crippen molar-refractivity contribution in [2.75, 3.05) is 5.01 Å². The topological polar surface area (TPSA) is 105 Å². The van der Waals surface area contributed by atoms with Crippen LogP contribution in [0.1, 0.15) is 27.9 Å². The fourth-order valence-electron chi connectivity index (χ4n) is 2.72. The van der Waals surface area contributed by atoms with Gasteiger partial charge in [-0.15, -0.1) is 0 Å². The monoisotopic (exact) mass is 420 g/mol. The number of hydrazone groups is 1. The molecule has 144 valence electrons. The van der Waals surface area contributed by atoms with Gasteiger partial charge in [0.2, 0.25) is 0 Å². The number of nitro benzene ring substituents is 1. The van der Waals surface area contributed by atoms with E-state index in [1.54, 1.807) is 19.9 Å². The lowest BCUT2D eigenvalue weighted by atomic mass is 10.1. The van der Waals surface area contributed by atoms with Gasteiger partial charge in [0, 0.05) is 22.7 Å². The molecule has 1 N–H and O–H groups in total. The molecule has 0 unspecified atom stereocenters. The third-order valence-corrected chi connectivity index (χ3v) is 5.04. The van der Waals surface area contributed by atoms with Crippen molar-refractivity contribution < 1.29 is 14.5 Å². The van der Waals surface area contributed by atoms with Crippen molar-refractivity contribution in [1.82, 2.24) is 5.32 Å². The van der Waals surface area contributed by atoms with Gasteiger partial charge in [0.25, 0.3) is 17.5 Å². The number of non-ortho nitro benzene ring substituents is 1. The van der Waals surface area contributed by atoms with Gasteiger partial charge < -0.3 is 5.32 Å². The Morgan fingerprint density at radius 1 is 1.29 bits per heavy atom. The molecule has 8 nitrogen and oxygen atoms in total. The van der Waals surface area contributed by atoms with Crippen molar-refractivity contribution in [3.8, 4) is 0 Å². The van der Waals surface area contributed by atoms with Crippen LogP contribution in [0.3, 0.4) is 0 Å². The second-order valence-corrected chi connectivity index (χ2v) is 6.94. The Kier molecular flexibility index (Phi) is 5.35. The summed E-state index contributed by atoms with van der Waals surface area (Å²) in [4.78, 5) is 35.1. The Bertz CT molecular complexity index is 1030. The minimum Gasteiger partial charge on any atom is -0.308 e. The number of carbonyl (C=O) groups excluding carboxylic acids is 2. The van der Waals surface area contributed by atoms with E-state index in [0.717, 1.165) is 11.1 Å². The molecule has 0 aromatic heterocycles. The maximum absolute atomic E-state index is 12.4. The molecule has 1 aliphatic rings. The average molecular weight is 421 g/mol. The molecule has 10 heteroatoms. The fraction of sp³-hybridized carbons (Fsp3) is 0.167. The molecule has 0 radical (unpaired) electrons. The van der Waals surface area contributed by atoms with E-state index in [1.165, 1.54) is 18.2 Å². The normalized spacial score (nSPS) is 13.5. The van der Waals surface area contributed by atoms with Crippen LogP contribution < -0.4 is 10.3 Å². The van der Waals surface area contributed by atoms with Crippen LogP contribution in [-0.4, -0.2) is 22.6 Å². The lowest BCUT2D eigenvalue weighted by Crippen LogP contribution is -2.29. The van der Waals surface area contributed by atoms with Crippen LogP contribution >= 0.6 is 23.2 Å². The van der Waals surface area contributed by atoms with Crippen molar-refractivity contribution in [3.05, 3.63) is 67.2 Å². The highest BCUT2D eigenvalue weighted by molar-refractivity contribution is 6.37. The Morgan fingerprint density at radius 3 is 2.68 bits per heavy atom. The number of nitrogens with one attached hydrogen (secondary N) is 1. The number of amides is 2. The maximum atomic E-state index is 12.4. The number of amidine groups is 1. The summed E-state index contributed by atoms with van der Waals surface area (Å²) in [6.07, 6.45) is -0.151. The molecule has 3 rings (SSSR count). The van der Waals surface area contributed by atoms with Crippen LogP contribution in [0.15, 0.2) is 35.4 Å². The summed E-state index contributed by atoms with van der Waals surface area (Å²) in [5.41, 5.74) is 1.49. The van der Waals surface area contributed by atoms with Crippen molar-refractivity contribution >= 4 is 52.2 Å². The molecular formula is C18H14Cl2N4O4. The quantitative estimate of drug-likeness (QED) is 0.598. The van der Waals surface area contributed by atoms with Crippen LogP contribution in [0.5, 0.6) is 0 Å². The third-order valence-electron chi connectivity index (χ3n) is 4.18. The number of hydrogen-bond donors (Lipinski definition) is 1. The summed E-state index contributed by atoms with van der Waals surface area (Å²) in [5, 5.41) is 19.4. The molecule has 2 aromatic rings. The largest absolute Gasteiger partial charge is 0.308 e. The minimum atomic E-state index is -0.609. The number of anilines is 1. The molecule has 28 heavy (non-hydrogen) atoms. The highest BCUT2D eigenvalue weighted by Crippen LogP contribution is 2.38. The van der Waals surface area contributed by atoms with Crippen LogP contribution in [0, 0.1) is 24.0 Å². The molecule has 0 aliphatic carbocycles. The first kappa shape index (κ1) is 19.8. The summed E-state index contributed by atoms with van der Waals surface area (Å²) >= 11 is 12.5. The first-order valence-electron chi connectivity index (χ1n) is 8.10. The summed E-state index contributed by atoms with van der Waals surface area (Å²) in [5.74, 6) is -0.891. The number of nitro groups is 1. The Labute approximate surface area is 169 Å². The SMILES string of the molecule is Cc1cc(Cl)c(C)c(N2N=C(NC(=O)c3cccc([N+](=O)[O-])c3)CC2=O)c1Cl. The van der Waals surface area contributed by atoms with Gasteiger partial charge in [-0.2, -0.15) is 10.1 Å². The molecule has 1 aliphatic heterocycles. The summed E-state index contributed by atoms with van der Waals surface area (Å²) in [7, 11) is 0. The number of nitrogens with zero attached hydrogens (tertiary/aromatic N) is 3. The summed E-state index contributed by atoms with van der Waals surface area (Å²) in [6, 6.07) is 6.95. The molecule has 0 bridgehead atoms. The van der Waals surface area contributed by atoms with Crippen molar-refractivity contribution in [2.24, 2.45) is 5.10 Å². The van der Waals surface area contributed by atoms with E-state index in [1.807, 2.05) is 0 Å². The van der Waals surface area contributed by atoms with Crippen LogP contribution in [0.25, 0.3) is 0 Å². The second-order valence-electron chi connectivity index (χ2n) is 6.15. The zero-order valence-corrected chi connectivity index (χ0v) is 16.3. The van der Waals surface area contributed by atoms with E-state index < -0.39 is 10.8 Å². The lowest BCUT2D eigenvalue weighted by Gasteiger charge is -2.18. The van der Waals surface area contributed by atoms with Crippen molar-refractivity contribution in [3.63, 3.8) is 0 Å². The Morgan fingerprint density at radius 2 is 2.00 bits per heavy atom. The molecule has 2 amide bonds. The molecule has 0 saturated carbocycles. The maximum Gasteiger partial charge on any atom is 0.270 e. The summed E-state index contributed by atoms with van der Waals surface area (Å²) < 4.78 is 0. The number of halogens is 2. The number of rotatable bonds is 3. The van der Waals surface area contributed by atoms with E-state index in [4.69, 9.17) is 23.2 Å². The van der Waals surface area contributed by atoms with Gasteiger partial charge in [0.05, 0.1) is 22.1 Å². The van der Waals surface area contributed by atoms with Gasteiger partial charge in [-0.3, -0.25) is 19.7 Å². The predicted molar refractivity (Wildman–Crippen MR) is 106 cm³/mol. The fourth-order valence-corrected chi connectivity index (χ4v) is 3.25. The molecule has 1 heterocycles. The van der Waals surface area contributed by atoms with E-state index in [0.29, 0.717) is 26.9 Å². The van der Waals surface area contributed by atoms with Gasteiger partial charge in [-0.25, -0.2) is 0 Å². The van der Waals surface area contributed by atoms with Crippen molar-refractivity contribution in [2.45, 2.75) is 20.3 Å². The van der Waals surface area contributed by atoms with Gasteiger partial charge in [0.15, 0.2) is 0 Å². The smallest absolute Gasteiger partial charge is 0.270 e. The van der Waals surface area contributed by atoms with Crippen LogP contribution in [0.2, 0.25) is 10.0 Å². The van der Waals surface area contributed by atoms with Gasteiger partial charge in [-0.1, -0.05) is 29.3 Å². The molecule has 2 aromatic carbocycles. The minimum absolute atomic E-state index is 0.0793. The van der Waals surface area contributed by atoms with Crippen LogP contribution in [-0.2, 0) is 4.79 Å². The Hall–Kier alpha value is -2.97. The number of benzene rings is 2. The lowest BCUT2D eigenvalue weighted by molar-refractivity contribution is -0.384. The molecular weight excluding hydrogens is 407 g/mol. The van der Waals surface area contributed by atoms with Gasteiger partial charge in [-0.05, 0) is 37.1 Å². The number of hydrogen-bond acceptors (Lipinski definition) is 5. The first-order valence-corrected chi connectivity index (χ1v) is 8.86. The van der Waals surface area contributed by atoms with Crippen LogP contribution in [0.4, 0.5) is 11.4 Å². The molecule has 0 saturated heterocycles. The van der Waals surface area contributed by atoms with E-state index >= 15 is 0 Å². The number of carbonyl (C=O) groups is 2. The summed E-state index contributed by atoms with van der Waals surface area (Å²) in [6.45, 7) is 3.47. The highest BCUT2D eigenvalue weighted by atomic mass is 35.5. The van der Waals surface area contributed by atoms with Gasteiger partial charge >= 0.3 is 0 Å². The molecule has 0 atom stereocenters.